The molecule has 1 fully saturated rings. The summed E-state index contributed by atoms with van der Waals surface area (Å²) in [7, 11) is -3.04. The number of rotatable bonds is 3. The molecule has 1 aliphatic carbocycles. The summed E-state index contributed by atoms with van der Waals surface area (Å²) in [6.07, 6.45) is 3.12. The van der Waals surface area contributed by atoms with Gasteiger partial charge in [-0.3, -0.25) is 0 Å². The van der Waals surface area contributed by atoms with Gasteiger partial charge < -0.3 is 11.5 Å². The summed E-state index contributed by atoms with van der Waals surface area (Å²) >= 11 is 0. The predicted molar refractivity (Wildman–Crippen MR) is 62.3 cm³/mol. The molecule has 0 heterocycles. The van der Waals surface area contributed by atoms with E-state index >= 15 is 0 Å². The largest absolute Gasteiger partial charge is 0.328 e. The Balaban J connectivity index is 2.65. The van der Waals surface area contributed by atoms with Crippen molar-refractivity contribution in [2.45, 2.75) is 56.4 Å². The first-order valence-electron chi connectivity index (χ1n) is 5.51. The van der Waals surface area contributed by atoms with Gasteiger partial charge >= 0.3 is 0 Å². The molecular formula is C10H22N2O2S. The summed E-state index contributed by atoms with van der Waals surface area (Å²) in [6, 6.07) is 0.198. The lowest BCUT2D eigenvalue weighted by Gasteiger charge is -2.36. The van der Waals surface area contributed by atoms with Crippen LogP contribution >= 0.6 is 0 Å². The summed E-state index contributed by atoms with van der Waals surface area (Å²) in [5.41, 5.74) is 11.3. The zero-order chi connectivity index (χ0) is 11.7. The Morgan fingerprint density at radius 2 is 1.80 bits per heavy atom. The van der Waals surface area contributed by atoms with Crippen LogP contribution in [0.25, 0.3) is 0 Å². The molecule has 90 valence electrons. The van der Waals surface area contributed by atoms with Gasteiger partial charge in [0.2, 0.25) is 0 Å². The molecule has 1 aliphatic rings. The van der Waals surface area contributed by atoms with Crippen LogP contribution in [0.2, 0.25) is 0 Å². The Kier molecular flexibility index (Phi) is 3.79. The number of hydrogen-bond acceptors (Lipinski definition) is 4. The van der Waals surface area contributed by atoms with Crippen LogP contribution in [0.1, 0.15) is 39.5 Å². The molecule has 0 saturated heterocycles. The summed E-state index contributed by atoms with van der Waals surface area (Å²) in [6.45, 7) is 3.40. The van der Waals surface area contributed by atoms with Crippen LogP contribution in [0.4, 0.5) is 0 Å². The maximum atomic E-state index is 11.8. The predicted octanol–water partition coefficient (Wildman–Crippen LogP) is 0.408. The highest BCUT2D eigenvalue weighted by atomic mass is 32.2. The standard InChI is InChI=1S/C10H22N2O2S/c1-8(2)15(13,14)7-10(12)5-3-9(11)4-6-10/h8-9H,3-7,11-12H2,1-2H3. The van der Waals surface area contributed by atoms with Crippen LogP contribution in [0.3, 0.4) is 0 Å². The first kappa shape index (κ1) is 12.9. The Hall–Kier alpha value is -0.130. The first-order chi connectivity index (χ1) is 6.75. The van der Waals surface area contributed by atoms with Gasteiger partial charge in [-0.05, 0) is 39.5 Å². The fourth-order valence-electron chi connectivity index (χ4n) is 1.93. The maximum absolute atomic E-state index is 11.8. The SMILES string of the molecule is CC(C)S(=O)(=O)CC1(N)CCC(N)CC1. The van der Waals surface area contributed by atoms with Gasteiger partial charge in [-0.15, -0.1) is 0 Å². The zero-order valence-electron chi connectivity index (χ0n) is 9.57. The topological polar surface area (TPSA) is 86.2 Å². The second kappa shape index (κ2) is 4.39. The van der Waals surface area contributed by atoms with Gasteiger partial charge in [0.15, 0.2) is 9.84 Å². The monoisotopic (exact) mass is 234 g/mol. The zero-order valence-corrected chi connectivity index (χ0v) is 10.4. The van der Waals surface area contributed by atoms with Gasteiger partial charge in [0.05, 0.1) is 11.0 Å². The minimum atomic E-state index is -3.04. The summed E-state index contributed by atoms with van der Waals surface area (Å²) < 4.78 is 23.5. The summed E-state index contributed by atoms with van der Waals surface area (Å²) in [5, 5.41) is -0.339. The molecule has 4 N–H and O–H groups in total. The van der Waals surface area contributed by atoms with E-state index in [2.05, 4.69) is 0 Å². The van der Waals surface area contributed by atoms with Crippen molar-refractivity contribution in [2.75, 3.05) is 5.75 Å². The molecule has 0 aromatic rings. The highest BCUT2D eigenvalue weighted by molar-refractivity contribution is 7.92. The highest BCUT2D eigenvalue weighted by Gasteiger charge is 2.35. The van der Waals surface area contributed by atoms with Gasteiger partial charge in [-0.1, -0.05) is 0 Å². The third kappa shape index (κ3) is 3.43. The molecule has 5 heteroatoms. The van der Waals surface area contributed by atoms with E-state index < -0.39 is 15.4 Å². The van der Waals surface area contributed by atoms with Gasteiger partial charge in [-0.2, -0.15) is 0 Å². The van der Waals surface area contributed by atoms with E-state index in [1.54, 1.807) is 13.8 Å². The summed E-state index contributed by atoms with van der Waals surface area (Å²) in [5.74, 6) is 0.102. The maximum Gasteiger partial charge on any atom is 0.154 e. The first-order valence-corrected chi connectivity index (χ1v) is 7.23. The van der Waals surface area contributed by atoms with Gasteiger partial charge in [0.1, 0.15) is 0 Å². The van der Waals surface area contributed by atoms with Crippen LogP contribution < -0.4 is 11.5 Å². The molecule has 4 nitrogen and oxygen atoms in total. The molecular weight excluding hydrogens is 212 g/mol. The second-order valence-electron chi connectivity index (χ2n) is 5.06. The minimum absolute atomic E-state index is 0.102. The van der Waals surface area contributed by atoms with Crippen LogP contribution in [0, 0.1) is 0 Å². The minimum Gasteiger partial charge on any atom is -0.328 e. The van der Waals surface area contributed by atoms with Crippen LogP contribution in [-0.2, 0) is 9.84 Å². The molecule has 0 bridgehead atoms. The molecule has 0 aliphatic heterocycles. The van der Waals surface area contributed by atoms with Crippen LogP contribution in [0.15, 0.2) is 0 Å². The molecule has 0 unspecified atom stereocenters. The van der Waals surface area contributed by atoms with E-state index in [1.165, 1.54) is 0 Å². The lowest BCUT2D eigenvalue weighted by atomic mass is 9.82. The van der Waals surface area contributed by atoms with Crippen LogP contribution in [0.5, 0.6) is 0 Å². The fraction of sp³-hybridized carbons (Fsp3) is 1.00. The number of hydrogen-bond donors (Lipinski definition) is 2. The van der Waals surface area contributed by atoms with Crippen LogP contribution in [-0.4, -0.2) is 31.0 Å². The number of nitrogens with two attached hydrogens (primary N) is 2. The van der Waals surface area contributed by atoms with E-state index in [-0.39, 0.29) is 17.0 Å². The Morgan fingerprint density at radius 3 is 2.20 bits per heavy atom. The van der Waals surface area contributed by atoms with Crippen molar-refractivity contribution in [3.63, 3.8) is 0 Å². The average molecular weight is 234 g/mol. The van der Waals surface area contributed by atoms with Gasteiger partial charge in [-0.25, -0.2) is 8.42 Å². The number of sulfone groups is 1. The molecule has 1 saturated carbocycles. The van der Waals surface area contributed by atoms with E-state index in [1.807, 2.05) is 0 Å². The molecule has 0 aromatic heterocycles. The van der Waals surface area contributed by atoms with Crippen molar-refractivity contribution in [1.29, 1.82) is 0 Å². The molecule has 0 spiro atoms. The van der Waals surface area contributed by atoms with Gasteiger partial charge in [0, 0.05) is 11.6 Å². The lowest BCUT2D eigenvalue weighted by Crippen LogP contribution is -2.51. The molecule has 0 atom stereocenters. The van der Waals surface area contributed by atoms with Crippen molar-refractivity contribution in [1.82, 2.24) is 0 Å². The quantitative estimate of drug-likeness (QED) is 0.740. The lowest BCUT2D eigenvalue weighted by molar-refractivity contribution is 0.297. The average Bonchev–Trinajstić information content (AvgIpc) is 2.09. The highest BCUT2D eigenvalue weighted by Crippen LogP contribution is 2.27. The Labute approximate surface area is 92.3 Å². The van der Waals surface area contributed by atoms with Gasteiger partial charge in [0.25, 0.3) is 0 Å². The van der Waals surface area contributed by atoms with Crippen molar-refractivity contribution in [3.05, 3.63) is 0 Å². The van der Waals surface area contributed by atoms with Crippen molar-refractivity contribution in [3.8, 4) is 0 Å². The van der Waals surface area contributed by atoms with E-state index in [0.717, 1.165) is 25.7 Å². The van der Waals surface area contributed by atoms with E-state index in [0.29, 0.717) is 0 Å². The fourth-order valence-corrected chi connectivity index (χ4v) is 3.35. The Morgan fingerprint density at radius 1 is 1.33 bits per heavy atom. The van der Waals surface area contributed by atoms with Crippen molar-refractivity contribution in [2.24, 2.45) is 11.5 Å². The van der Waals surface area contributed by atoms with E-state index in [4.69, 9.17) is 11.5 Å². The second-order valence-corrected chi connectivity index (χ2v) is 7.61. The third-order valence-corrected chi connectivity index (χ3v) is 5.65. The normalized spacial score (nSPS) is 33.3. The molecule has 15 heavy (non-hydrogen) atoms. The molecule has 0 radical (unpaired) electrons. The third-order valence-electron chi connectivity index (χ3n) is 3.23. The molecule has 0 amide bonds. The van der Waals surface area contributed by atoms with Crippen molar-refractivity contribution >= 4 is 9.84 Å². The Bertz CT molecular complexity index is 303. The molecule has 1 rings (SSSR count). The van der Waals surface area contributed by atoms with Crippen molar-refractivity contribution < 1.29 is 8.42 Å². The summed E-state index contributed by atoms with van der Waals surface area (Å²) in [4.78, 5) is 0. The molecule has 0 aromatic carbocycles. The smallest absolute Gasteiger partial charge is 0.154 e. The van der Waals surface area contributed by atoms with E-state index in [9.17, 15) is 8.42 Å².